The molecule has 0 aliphatic heterocycles. The largest absolute Gasteiger partial charge is 0.398 e. The van der Waals surface area contributed by atoms with E-state index in [4.69, 9.17) is 16.6 Å². The minimum absolute atomic E-state index is 0.0186. The second-order valence-corrected chi connectivity index (χ2v) is 2.72. The maximum Gasteiger partial charge on any atom is 0.267 e. The van der Waals surface area contributed by atoms with Gasteiger partial charge in [-0.15, -0.1) is 0 Å². The molecule has 1 rings (SSSR count). The minimum atomic E-state index is -2.68. The van der Waals surface area contributed by atoms with Crippen LogP contribution in [0.3, 0.4) is 0 Å². The highest BCUT2D eigenvalue weighted by Crippen LogP contribution is 2.28. The average molecular weight is 203 g/mol. The van der Waals surface area contributed by atoms with Crippen LogP contribution >= 0.6 is 0 Å². The second-order valence-electron chi connectivity index (χ2n) is 2.72. The molecule has 0 aliphatic carbocycles. The van der Waals surface area contributed by atoms with Crippen LogP contribution in [0.2, 0.25) is 0 Å². The molecule has 0 atom stereocenters. The van der Waals surface area contributed by atoms with E-state index in [9.17, 15) is 8.78 Å². The molecule has 1 aromatic rings. The van der Waals surface area contributed by atoms with E-state index in [-0.39, 0.29) is 35.7 Å². The number of hydrogen-bond acceptors (Lipinski definition) is 4. The Hall–Kier alpha value is -1.27. The van der Waals surface area contributed by atoms with Crippen molar-refractivity contribution in [2.24, 2.45) is 5.73 Å². The van der Waals surface area contributed by atoms with E-state index in [1.54, 1.807) is 0 Å². The Morgan fingerprint density at radius 2 is 2.14 bits per heavy atom. The number of aromatic nitrogens is 1. The lowest BCUT2D eigenvalue weighted by Gasteiger charge is -2.11. The molecule has 1 aromatic heterocycles. The van der Waals surface area contributed by atoms with E-state index in [2.05, 4.69) is 4.98 Å². The van der Waals surface area contributed by atoms with Gasteiger partial charge in [-0.3, -0.25) is 4.98 Å². The Labute approximate surface area is 79.6 Å². The third kappa shape index (κ3) is 1.80. The molecule has 0 fully saturated rings. The Bertz CT molecular complexity index is 331. The van der Waals surface area contributed by atoms with Crippen LogP contribution in [0.15, 0.2) is 6.20 Å². The van der Waals surface area contributed by atoms with Gasteiger partial charge >= 0.3 is 0 Å². The zero-order chi connectivity index (χ0) is 10.7. The number of aliphatic hydroxyl groups excluding tert-OH is 1. The number of nitrogens with zero attached hydrogens (tertiary/aromatic N) is 1. The summed E-state index contributed by atoms with van der Waals surface area (Å²) < 4.78 is 24.7. The maximum atomic E-state index is 12.4. The standard InChI is InChI=1S/C8H11F2N3O/c9-8(10)5-2-13-6(3-14)4(1-11)7(5)12/h2,8,14H,1,3,11H2,(H2,12,13). The maximum absolute atomic E-state index is 12.4. The Kier molecular flexibility index (Phi) is 3.32. The Morgan fingerprint density at radius 3 is 2.57 bits per heavy atom. The first-order valence-corrected chi connectivity index (χ1v) is 3.97. The zero-order valence-electron chi connectivity index (χ0n) is 7.37. The number of aliphatic hydroxyl groups is 1. The van der Waals surface area contributed by atoms with Crippen LogP contribution in [0.4, 0.5) is 14.5 Å². The summed E-state index contributed by atoms with van der Waals surface area (Å²) in [4.78, 5) is 3.66. The molecule has 0 bridgehead atoms. The van der Waals surface area contributed by atoms with Crippen LogP contribution in [0.5, 0.6) is 0 Å². The minimum Gasteiger partial charge on any atom is -0.398 e. The lowest BCUT2D eigenvalue weighted by atomic mass is 10.1. The summed E-state index contributed by atoms with van der Waals surface area (Å²) in [5.41, 5.74) is 10.9. The summed E-state index contributed by atoms with van der Waals surface area (Å²) in [5.74, 6) is 0. The van der Waals surface area contributed by atoms with Crippen molar-refractivity contribution in [1.82, 2.24) is 4.98 Å². The van der Waals surface area contributed by atoms with Crippen LogP contribution in [0, 0.1) is 0 Å². The number of nitrogens with two attached hydrogens (primary N) is 2. The Morgan fingerprint density at radius 1 is 1.50 bits per heavy atom. The molecular formula is C8H11F2N3O. The van der Waals surface area contributed by atoms with Gasteiger partial charge in [-0.1, -0.05) is 0 Å². The molecule has 0 aliphatic rings. The van der Waals surface area contributed by atoms with Gasteiger partial charge in [0, 0.05) is 24.0 Å². The van der Waals surface area contributed by atoms with Gasteiger partial charge in [0.05, 0.1) is 17.9 Å². The van der Waals surface area contributed by atoms with Crippen LogP contribution in [-0.4, -0.2) is 10.1 Å². The highest BCUT2D eigenvalue weighted by Gasteiger charge is 2.16. The fourth-order valence-electron chi connectivity index (χ4n) is 1.16. The molecule has 0 aromatic carbocycles. The van der Waals surface area contributed by atoms with E-state index in [0.29, 0.717) is 0 Å². The molecule has 1 heterocycles. The predicted octanol–water partition coefficient (Wildman–Crippen LogP) is 0.552. The molecule has 14 heavy (non-hydrogen) atoms. The number of anilines is 1. The van der Waals surface area contributed by atoms with Gasteiger partial charge < -0.3 is 16.6 Å². The fourth-order valence-corrected chi connectivity index (χ4v) is 1.16. The van der Waals surface area contributed by atoms with Crippen LogP contribution in [-0.2, 0) is 13.2 Å². The highest BCUT2D eigenvalue weighted by molar-refractivity contribution is 5.55. The molecular weight excluding hydrogens is 192 g/mol. The van der Waals surface area contributed by atoms with Crippen molar-refractivity contribution in [2.75, 3.05) is 5.73 Å². The number of hydrogen-bond donors (Lipinski definition) is 3. The third-order valence-electron chi connectivity index (χ3n) is 1.93. The molecule has 4 nitrogen and oxygen atoms in total. The van der Waals surface area contributed by atoms with Crippen molar-refractivity contribution in [2.45, 2.75) is 19.6 Å². The monoisotopic (exact) mass is 203 g/mol. The van der Waals surface area contributed by atoms with Crippen molar-refractivity contribution >= 4 is 5.69 Å². The topological polar surface area (TPSA) is 85.2 Å². The molecule has 0 radical (unpaired) electrons. The molecule has 6 heteroatoms. The molecule has 0 spiro atoms. The molecule has 5 N–H and O–H groups in total. The number of halogens is 2. The summed E-state index contributed by atoms with van der Waals surface area (Å²) >= 11 is 0. The predicted molar refractivity (Wildman–Crippen MR) is 47.4 cm³/mol. The van der Waals surface area contributed by atoms with Crippen molar-refractivity contribution in [3.05, 3.63) is 23.0 Å². The van der Waals surface area contributed by atoms with Gasteiger partial charge in [0.25, 0.3) is 6.43 Å². The van der Waals surface area contributed by atoms with E-state index in [1.807, 2.05) is 0 Å². The second kappa shape index (κ2) is 4.30. The van der Waals surface area contributed by atoms with Crippen molar-refractivity contribution in [3.8, 4) is 0 Å². The van der Waals surface area contributed by atoms with Gasteiger partial charge in [0.2, 0.25) is 0 Å². The molecule has 0 saturated carbocycles. The Balaban J connectivity index is 3.27. The summed E-state index contributed by atoms with van der Waals surface area (Å²) in [5, 5.41) is 8.84. The average Bonchev–Trinajstić information content (AvgIpc) is 2.16. The normalized spacial score (nSPS) is 10.9. The van der Waals surface area contributed by atoms with Gasteiger partial charge in [0.15, 0.2) is 0 Å². The van der Waals surface area contributed by atoms with E-state index < -0.39 is 6.43 Å². The molecule has 78 valence electrons. The van der Waals surface area contributed by atoms with Crippen LogP contribution in [0.25, 0.3) is 0 Å². The van der Waals surface area contributed by atoms with Crippen LogP contribution < -0.4 is 11.5 Å². The summed E-state index contributed by atoms with van der Waals surface area (Å²) in [6, 6.07) is 0. The third-order valence-corrected chi connectivity index (χ3v) is 1.93. The van der Waals surface area contributed by atoms with Gasteiger partial charge in [-0.2, -0.15) is 0 Å². The van der Waals surface area contributed by atoms with Crippen molar-refractivity contribution < 1.29 is 13.9 Å². The summed E-state index contributed by atoms with van der Waals surface area (Å²) in [6.07, 6.45) is -1.72. The summed E-state index contributed by atoms with van der Waals surface area (Å²) in [6.45, 7) is -0.379. The van der Waals surface area contributed by atoms with Crippen molar-refractivity contribution in [3.63, 3.8) is 0 Å². The fraction of sp³-hybridized carbons (Fsp3) is 0.375. The molecule has 0 amide bonds. The SMILES string of the molecule is NCc1c(CO)ncc(C(F)F)c1N. The number of alkyl halides is 2. The number of rotatable bonds is 3. The highest BCUT2D eigenvalue weighted by atomic mass is 19.3. The van der Waals surface area contributed by atoms with E-state index >= 15 is 0 Å². The van der Waals surface area contributed by atoms with Gasteiger partial charge in [-0.25, -0.2) is 8.78 Å². The lowest BCUT2D eigenvalue weighted by molar-refractivity contribution is 0.151. The van der Waals surface area contributed by atoms with Gasteiger partial charge in [0.1, 0.15) is 0 Å². The van der Waals surface area contributed by atoms with Crippen molar-refractivity contribution in [1.29, 1.82) is 0 Å². The first-order valence-electron chi connectivity index (χ1n) is 3.97. The first-order chi connectivity index (χ1) is 6.61. The number of pyridine rings is 1. The van der Waals surface area contributed by atoms with Gasteiger partial charge in [-0.05, 0) is 0 Å². The van der Waals surface area contributed by atoms with Crippen LogP contribution in [0.1, 0.15) is 23.2 Å². The number of nitrogen functional groups attached to an aromatic ring is 1. The zero-order valence-corrected chi connectivity index (χ0v) is 7.37. The lowest BCUT2D eigenvalue weighted by Crippen LogP contribution is -2.10. The van der Waals surface area contributed by atoms with E-state index in [0.717, 1.165) is 6.20 Å². The smallest absolute Gasteiger partial charge is 0.267 e. The molecule has 0 unspecified atom stereocenters. The quantitative estimate of drug-likeness (QED) is 0.669. The first kappa shape index (κ1) is 10.8. The molecule has 0 saturated heterocycles. The van der Waals surface area contributed by atoms with E-state index in [1.165, 1.54) is 0 Å². The summed E-state index contributed by atoms with van der Waals surface area (Å²) in [7, 11) is 0.